The van der Waals surface area contributed by atoms with Crippen LogP contribution in [0.2, 0.25) is 0 Å². The van der Waals surface area contributed by atoms with Gasteiger partial charge in [0.2, 0.25) is 0 Å². The van der Waals surface area contributed by atoms with E-state index < -0.39 is 0 Å². The summed E-state index contributed by atoms with van der Waals surface area (Å²) in [6.45, 7) is 4.13. The van der Waals surface area contributed by atoms with Crippen LogP contribution in [0.15, 0.2) is 66.1 Å². The average Bonchev–Trinajstić information content (AvgIpc) is 2.51. The van der Waals surface area contributed by atoms with Crippen LogP contribution in [0.25, 0.3) is 22.4 Å². The Hall–Kier alpha value is -2.75. The molecule has 0 aliphatic carbocycles. The molecule has 0 aliphatic rings. The second-order valence-electron chi connectivity index (χ2n) is 4.38. The van der Waals surface area contributed by atoms with Crippen LogP contribution in [0, 0.1) is 0 Å². The molecule has 0 atom stereocenters. The zero-order chi connectivity index (χ0) is 13.9. The van der Waals surface area contributed by atoms with E-state index in [1.54, 1.807) is 29.0 Å². The van der Waals surface area contributed by atoms with Gasteiger partial charge in [-0.3, -0.25) is 9.36 Å². The first-order valence-corrected chi connectivity index (χ1v) is 6.33. The number of allylic oxidation sites excluding steroid dienone is 1. The second kappa shape index (κ2) is 5.09. The first-order chi connectivity index (χ1) is 9.81. The summed E-state index contributed by atoms with van der Waals surface area (Å²) < 4.78 is 1.62. The van der Waals surface area contributed by atoms with Crippen LogP contribution in [0.4, 0.5) is 0 Å². The Bertz CT molecular complexity index is 822. The molecule has 0 saturated carbocycles. The third-order valence-corrected chi connectivity index (χ3v) is 3.07. The second-order valence-corrected chi connectivity index (χ2v) is 4.38. The van der Waals surface area contributed by atoms with Crippen molar-refractivity contribution >= 4 is 11.0 Å². The summed E-state index contributed by atoms with van der Waals surface area (Å²) in [4.78, 5) is 21.3. The van der Waals surface area contributed by atoms with Crippen molar-refractivity contribution in [2.24, 2.45) is 0 Å². The van der Waals surface area contributed by atoms with Crippen molar-refractivity contribution in [3.63, 3.8) is 0 Å². The summed E-state index contributed by atoms with van der Waals surface area (Å²) in [5, 5.41) is 0.522. The Kier molecular flexibility index (Phi) is 3.13. The normalized spacial score (nSPS) is 10.6. The number of aromatic nitrogens is 3. The third-order valence-electron chi connectivity index (χ3n) is 3.07. The Balaban J connectivity index is 2.38. The van der Waals surface area contributed by atoms with Gasteiger partial charge in [-0.05, 0) is 12.1 Å². The van der Waals surface area contributed by atoms with Crippen LogP contribution in [-0.2, 0) is 6.54 Å². The molecule has 0 amide bonds. The minimum absolute atomic E-state index is 0.0955. The van der Waals surface area contributed by atoms with Gasteiger partial charge in [0.25, 0.3) is 5.56 Å². The van der Waals surface area contributed by atoms with Gasteiger partial charge in [-0.15, -0.1) is 6.58 Å². The van der Waals surface area contributed by atoms with Crippen LogP contribution >= 0.6 is 0 Å². The minimum Gasteiger partial charge on any atom is -0.288 e. The summed E-state index contributed by atoms with van der Waals surface area (Å²) in [7, 11) is 0. The number of benzene rings is 1. The third kappa shape index (κ3) is 2.01. The van der Waals surface area contributed by atoms with E-state index >= 15 is 0 Å². The molecule has 2 heterocycles. The highest BCUT2D eigenvalue weighted by molar-refractivity contribution is 5.75. The van der Waals surface area contributed by atoms with Gasteiger partial charge < -0.3 is 0 Å². The Morgan fingerprint density at radius 2 is 1.95 bits per heavy atom. The van der Waals surface area contributed by atoms with E-state index in [-0.39, 0.29) is 5.56 Å². The smallest absolute Gasteiger partial charge is 0.263 e. The van der Waals surface area contributed by atoms with E-state index in [4.69, 9.17) is 0 Å². The predicted octanol–water partition coefficient (Wildman–Crippen LogP) is 2.64. The van der Waals surface area contributed by atoms with E-state index in [1.807, 2.05) is 30.3 Å². The van der Waals surface area contributed by atoms with Gasteiger partial charge >= 0.3 is 0 Å². The van der Waals surface area contributed by atoms with Crippen molar-refractivity contribution in [3.8, 4) is 11.4 Å². The lowest BCUT2D eigenvalue weighted by molar-refractivity contribution is 0.778. The summed E-state index contributed by atoms with van der Waals surface area (Å²) in [6, 6.07) is 13.1. The predicted molar refractivity (Wildman–Crippen MR) is 79.4 cm³/mol. The molecule has 0 aliphatic heterocycles. The van der Waals surface area contributed by atoms with Crippen molar-refractivity contribution < 1.29 is 0 Å². The van der Waals surface area contributed by atoms with E-state index in [2.05, 4.69) is 16.5 Å². The topological polar surface area (TPSA) is 47.8 Å². The van der Waals surface area contributed by atoms with Crippen LogP contribution in [-0.4, -0.2) is 14.5 Å². The van der Waals surface area contributed by atoms with Crippen LogP contribution in [0.3, 0.4) is 0 Å². The highest BCUT2D eigenvalue weighted by Crippen LogP contribution is 2.17. The molecule has 0 radical (unpaired) electrons. The lowest BCUT2D eigenvalue weighted by Crippen LogP contribution is -2.23. The van der Waals surface area contributed by atoms with Crippen molar-refractivity contribution in [3.05, 3.63) is 71.7 Å². The van der Waals surface area contributed by atoms with E-state index in [0.29, 0.717) is 23.4 Å². The van der Waals surface area contributed by atoms with Gasteiger partial charge in [0, 0.05) is 18.3 Å². The van der Waals surface area contributed by atoms with Crippen molar-refractivity contribution in [1.82, 2.24) is 14.5 Å². The summed E-state index contributed by atoms with van der Waals surface area (Å²) in [5.74, 6) is 0.613. The fraction of sp³-hybridized carbons (Fsp3) is 0.0625. The maximum atomic E-state index is 12.5. The highest BCUT2D eigenvalue weighted by Gasteiger charge is 2.11. The molecule has 98 valence electrons. The SMILES string of the molecule is C=CCn1c(-c2ccccc2)nc2ncccc2c1=O. The molecular formula is C16H13N3O. The molecule has 20 heavy (non-hydrogen) atoms. The first kappa shape index (κ1) is 12.3. The molecule has 3 aromatic rings. The fourth-order valence-corrected chi connectivity index (χ4v) is 2.16. The molecule has 2 aromatic heterocycles. The van der Waals surface area contributed by atoms with Gasteiger partial charge in [0.15, 0.2) is 5.65 Å². The Morgan fingerprint density at radius 3 is 2.70 bits per heavy atom. The van der Waals surface area contributed by atoms with Crippen molar-refractivity contribution in [2.75, 3.05) is 0 Å². The lowest BCUT2D eigenvalue weighted by Gasteiger charge is -2.11. The average molecular weight is 263 g/mol. The van der Waals surface area contributed by atoms with Gasteiger partial charge in [0.05, 0.1) is 5.39 Å². The quantitative estimate of drug-likeness (QED) is 0.682. The number of nitrogens with zero attached hydrogens (tertiary/aromatic N) is 3. The van der Waals surface area contributed by atoms with Crippen molar-refractivity contribution in [2.45, 2.75) is 6.54 Å². The number of rotatable bonds is 3. The van der Waals surface area contributed by atoms with Crippen molar-refractivity contribution in [1.29, 1.82) is 0 Å². The molecule has 3 rings (SSSR count). The van der Waals surface area contributed by atoms with Crippen LogP contribution < -0.4 is 5.56 Å². The standard InChI is InChI=1S/C16H13N3O/c1-2-11-19-15(12-7-4-3-5-8-12)18-14-13(16(19)20)9-6-10-17-14/h2-10H,1,11H2. The molecular weight excluding hydrogens is 250 g/mol. The molecule has 4 nitrogen and oxygen atoms in total. The van der Waals surface area contributed by atoms with Gasteiger partial charge in [-0.1, -0.05) is 36.4 Å². The lowest BCUT2D eigenvalue weighted by atomic mass is 10.2. The zero-order valence-corrected chi connectivity index (χ0v) is 10.9. The maximum Gasteiger partial charge on any atom is 0.263 e. The fourth-order valence-electron chi connectivity index (χ4n) is 2.16. The molecule has 0 saturated heterocycles. The van der Waals surface area contributed by atoms with E-state index in [0.717, 1.165) is 5.56 Å². The molecule has 0 N–H and O–H groups in total. The van der Waals surface area contributed by atoms with E-state index in [1.165, 1.54) is 0 Å². The molecule has 0 bridgehead atoms. The van der Waals surface area contributed by atoms with Gasteiger partial charge in [-0.25, -0.2) is 9.97 Å². The summed E-state index contributed by atoms with van der Waals surface area (Å²) in [6.07, 6.45) is 3.33. The molecule has 4 heteroatoms. The van der Waals surface area contributed by atoms with Gasteiger partial charge in [-0.2, -0.15) is 0 Å². The number of hydrogen-bond donors (Lipinski definition) is 0. The highest BCUT2D eigenvalue weighted by atomic mass is 16.1. The maximum absolute atomic E-state index is 12.5. The molecule has 0 spiro atoms. The summed E-state index contributed by atoms with van der Waals surface area (Å²) in [5.41, 5.74) is 1.26. The number of pyridine rings is 1. The largest absolute Gasteiger partial charge is 0.288 e. The van der Waals surface area contributed by atoms with Crippen LogP contribution in [0.1, 0.15) is 0 Å². The summed E-state index contributed by atoms with van der Waals surface area (Å²) >= 11 is 0. The Labute approximate surface area is 116 Å². The molecule has 1 aromatic carbocycles. The monoisotopic (exact) mass is 263 g/mol. The van der Waals surface area contributed by atoms with E-state index in [9.17, 15) is 4.79 Å². The van der Waals surface area contributed by atoms with Crippen LogP contribution in [0.5, 0.6) is 0 Å². The zero-order valence-electron chi connectivity index (χ0n) is 10.9. The van der Waals surface area contributed by atoms with Gasteiger partial charge in [0.1, 0.15) is 5.82 Å². The number of fused-ring (bicyclic) bond motifs is 1. The minimum atomic E-state index is -0.0955. The Morgan fingerprint density at radius 1 is 1.15 bits per heavy atom. The number of hydrogen-bond acceptors (Lipinski definition) is 3. The first-order valence-electron chi connectivity index (χ1n) is 6.33. The molecule has 0 fully saturated rings. The molecule has 0 unspecified atom stereocenters.